The Morgan fingerprint density at radius 1 is 0.735 bits per heavy atom. The summed E-state index contributed by atoms with van der Waals surface area (Å²) in [6.07, 6.45) is 7.85. The molecule has 0 saturated carbocycles. The molecule has 3 heteroatoms. The average molecular weight is 446 g/mol. The van der Waals surface area contributed by atoms with E-state index in [2.05, 4.69) is 121 Å². The summed E-state index contributed by atoms with van der Waals surface area (Å²) >= 11 is 0. The van der Waals surface area contributed by atoms with Crippen LogP contribution >= 0.6 is 0 Å². The Labute approximate surface area is 202 Å². The summed E-state index contributed by atoms with van der Waals surface area (Å²) in [5.41, 5.74) is 6.72. The molecular formula is C31H31N3. The topological polar surface area (TPSA) is 30.7 Å². The molecule has 1 aromatic heterocycles. The lowest BCUT2D eigenvalue weighted by molar-refractivity contribution is 0.590. The fraction of sp³-hybridized carbons (Fsp3) is 0.161. The van der Waals surface area contributed by atoms with Gasteiger partial charge in [0.1, 0.15) is 0 Å². The number of hydrogen-bond donors (Lipinski definition) is 0. The van der Waals surface area contributed by atoms with Gasteiger partial charge in [0.25, 0.3) is 0 Å². The first-order valence-corrected chi connectivity index (χ1v) is 11.6. The van der Waals surface area contributed by atoms with E-state index in [4.69, 9.17) is 0 Å². The molecule has 34 heavy (non-hydrogen) atoms. The maximum absolute atomic E-state index is 4.63. The van der Waals surface area contributed by atoms with Crippen LogP contribution in [0, 0.1) is 0 Å². The molecule has 0 spiro atoms. The molecule has 0 atom stereocenters. The van der Waals surface area contributed by atoms with Crippen molar-refractivity contribution in [2.24, 2.45) is 0 Å². The third-order valence-electron chi connectivity index (χ3n) is 5.81. The van der Waals surface area contributed by atoms with Gasteiger partial charge in [0, 0.05) is 16.8 Å². The smallest absolute Gasteiger partial charge is 0.168 e. The van der Waals surface area contributed by atoms with Crippen molar-refractivity contribution in [2.75, 3.05) is 0 Å². The quantitative estimate of drug-likeness (QED) is 0.280. The molecule has 4 rings (SSSR count). The molecule has 0 saturated heterocycles. The predicted octanol–water partition coefficient (Wildman–Crippen LogP) is 8.18. The summed E-state index contributed by atoms with van der Waals surface area (Å²) in [6.45, 7) is 12.6. The van der Waals surface area contributed by atoms with Crippen LogP contribution in [-0.4, -0.2) is 14.8 Å². The molecular weight excluding hydrogens is 414 g/mol. The zero-order chi connectivity index (χ0) is 24.1. The van der Waals surface area contributed by atoms with E-state index < -0.39 is 0 Å². The van der Waals surface area contributed by atoms with Crippen LogP contribution in [0.25, 0.3) is 39.6 Å². The van der Waals surface area contributed by atoms with E-state index in [0.717, 1.165) is 28.5 Å². The summed E-state index contributed by atoms with van der Waals surface area (Å²) in [7, 11) is 0. The van der Waals surface area contributed by atoms with E-state index in [1.807, 2.05) is 25.1 Å². The molecule has 3 nitrogen and oxygen atoms in total. The van der Waals surface area contributed by atoms with Gasteiger partial charge in [-0.2, -0.15) is 0 Å². The van der Waals surface area contributed by atoms with Crippen LogP contribution in [0.5, 0.6) is 0 Å². The lowest BCUT2D eigenvalue weighted by Gasteiger charge is -2.19. The molecule has 0 radical (unpaired) electrons. The first kappa shape index (κ1) is 23.2. The van der Waals surface area contributed by atoms with Gasteiger partial charge in [-0.05, 0) is 41.2 Å². The molecule has 0 fully saturated rings. The van der Waals surface area contributed by atoms with Crippen molar-refractivity contribution < 1.29 is 0 Å². The molecule has 0 aliphatic heterocycles. The predicted molar refractivity (Wildman–Crippen MR) is 144 cm³/mol. The fourth-order valence-electron chi connectivity index (χ4n) is 3.96. The minimum atomic E-state index is 0.0940. The van der Waals surface area contributed by atoms with Gasteiger partial charge in [0.05, 0.1) is 0 Å². The number of hydrogen-bond acceptors (Lipinski definition) is 2. The largest absolute Gasteiger partial charge is 0.275 e. The minimum Gasteiger partial charge on any atom is -0.275 e. The Morgan fingerprint density at radius 2 is 1.24 bits per heavy atom. The molecule has 170 valence electrons. The van der Waals surface area contributed by atoms with Crippen LogP contribution in [-0.2, 0) is 5.41 Å². The third kappa shape index (κ3) is 4.84. The van der Waals surface area contributed by atoms with E-state index >= 15 is 0 Å². The van der Waals surface area contributed by atoms with Crippen molar-refractivity contribution in [1.29, 1.82) is 0 Å². The van der Waals surface area contributed by atoms with Crippen molar-refractivity contribution in [1.82, 2.24) is 14.8 Å². The normalized spacial score (nSPS) is 12.3. The summed E-state index contributed by atoms with van der Waals surface area (Å²) in [5.74, 6) is 1.59. The maximum atomic E-state index is 4.63. The van der Waals surface area contributed by atoms with Crippen LogP contribution in [0.2, 0.25) is 0 Å². The van der Waals surface area contributed by atoms with Crippen LogP contribution in [0.15, 0.2) is 110 Å². The SMILES string of the molecule is C=CC=C(C=CC)n1c(-c2ccc(-c3ccccc3)cc2)nnc1-c1ccc(C(C)(C)C)cc1. The van der Waals surface area contributed by atoms with Gasteiger partial charge in [-0.15, -0.1) is 10.2 Å². The maximum Gasteiger partial charge on any atom is 0.168 e. The Morgan fingerprint density at radius 3 is 1.74 bits per heavy atom. The molecule has 0 bridgehead atoms. The highest BCUT2D eigenvalue weighted by molar-refractivity contribution is 5.75. The Hall–Kier alpha value is -3.98. The van der Waals surface area contributed by atoms with Gasteiger partial charge >= 0.3 is 0 Å². The van der Waals surface area contributed by atoms with Gasteiger partial charge in [-0.3, -0.25) is 4.57 Å². The van der Waals surface area contributed by atoms with Gasteiger partial charge in [-0.25, -0.2) is 0 Å². The van der Waals surface area contributed by atoms with E-state index in [9.17, 15) is 0 Å². The first-order chi connectivity index (χ1) is 16.4. The lowest BCUT2D eigenvalue weighted by Crippen LogP contribution is -2.10. The number of benzene rings is 3. The molecule has 1 heterocycles. The Bertz CT molecular complexity index is 1310. The first-order valence-electron chi connectivity index (χ1n) is 11.6. The van der Waals surface area contributed by atoms with E-state index in [-0.39, 0.29) is 5.41 Å². The van der Waals surface area contributed by atoms with Crippen molar-refractivity contribution in [3.05, 3.63) is 115 Å². The minimum absolute atomic E-state index is 0.0940. The molecule has 0 aliphatic rings. The van der Waals surface area contributed by atoms with Gasteiger partial charge in [-0.1, -0.05) is 118 Å². The standard InChI is InChI=1S/C31H31N3/c1-6-11-28(12-7-2)34-29(25-17-15-24(16-18-25)23-13-9-8-10-14-23)32-33-30(34)26-19-21-27(22-20-26)31(3,4)5/h6-22H,1H2,2-5H3. The summed E-state index contributed by atoms with van der Waals surface area (Å²) in [5, 5.41) is 9.25. The molecule has 3 aromatic carbocycles. The highest BCUT2D eigenvalue weighted by atomic mass is 15.3. The second-order valence-corrected chi connectivity index (χ2v) is 9.28. The van der Waals surface area contributed by atoms with Crippen molar-refractivity contribution in [3.8, 4) is 33.9 Å². The van der Waals surface area contributed by atoms with Crippen molar-refractivity contribution >= 4 is 5.70 Å². The molecule has 4 aromatic rings. The van der Waals surface area contributed by atoms with Crippen molar-refractivity contribution in [2.45, 2.75) is 33.1 Å². The van der Waals surface area contributed by atoms with E-state index in [1.165, 1.54) is 16.7 Å². The van der Waals surface area contributed by atoms with Gasteiger partial charge in [0.2, 0.25) is 0 Å². The second-order valence-electron chi connectivity index (χ2n) is 9.28. The van der Waals surface area contributed by atoms with Crippen LogP contribution < -0.4 is 0 Å². The number of nitrogens with zero attached hydrogens (tertiary/aromatic N) is 3. The zero-order valence-corrected chi connectivity index (χ0v) is 20.4. The zero-order valence-electron chi connectivity index (χ0n) is 20.4. The Kier molecular flexibility index (Phi) is 6.74. The number of rotatable bonds is 6. The molecule has 0 amide bonds. The number of aromatic nitrogens is 3. The molecule has 0 unspecified atom stereocenters. The third-order valence-corrected chi connectivity index (χ3v) is 5.81. The van der Waals surface area contributed by atoms with Crippen molar-refractivity contribution in [3.63, 3.8) is 0 Å². The monoisotopic (exact) mass is 445 g/mol. The van der Waals surface area contributed by atoms with Crippen LogP contribution in [0.3, 0.4) is 0 Å². The highest BCUT2D eigenvalue weighted by Gasteiger charge is 2.19. The summed E-state index contributed by atoms with van der Waals surface area (Å²) in [4.78, 5) is 0. The average Bonchev–Trinajstić information content (AvgIpc) is 3.29. The summed E-state index contributed by atoms with van der Waals surface area (Å²) < 4.78 is 2.10. The van der Waals surface area contributed by atoms with Crippen LogP contribution in [0.4, 0.5) is 0 Å². The highest BCUT2D eigenvalue weighted by Crippen LogP contribution is 2.31. The van der Waals surface area contributed by atoms with Gasteiger partial charge < -0.3 is 0 Å². The lowest BCUT2D eigenvalue weighted by atomic mass is 9.86. The fourth-order valence-corrected chi connectivity index (χ4v) is 3.96. The van der Waals surface area contributed by atoms with Crippen LogP contribution in [0.1, 0.15) is 33.3 Å². The number of allylic oxidation sites excluding steroid dienone is 5. The second kappa shape index (κ2) is 9.88. The van der Waals surface area contributed by atoms with E-state index in [0.29, 0.717) is 0 Å². The Balaban J connectivity index is 1.83. The van der Waals surface area contributed by atoms with Gasteiger partial charge in [0.15, 0.2) is 11.6 Å². The molecule has 0 aliphatic carbocycles. The summed E-state index contributed by atoms with van der Waals surface area (Å²) in [6, 6.07) is 27.5. The molecule has 0 N–H and O–H groups in total. The van der Waals surface area contributed by atoms with E-state index in [1.54, 1.807) is 6.08 Å².